The quantitative estimate of drug-likeness (QED) is 0.562. The van der Waals surface area contributed by atoms with E-state index < -0.39 is 23.4 Å². The van der Waals surface area contributed by atoms with Gasteiger partial charge >= 0.3 is 12.0 Å². The average molecular weight is 422 g/mol. The van der Waals surface area contributed by atoms with Crippen molar-refractivity contribution in [2.24, 2.45) is 11.8 Å². The second-order valence-electron chi connectivity index (χ2n) is 7.81. The molecule has 0 radical (unpaired) electrons. The number of anilines is 1. The van der Waals surface area contributed by atoms with Crippen LogP contribution in [0.2, 0.25) is 0 Å². The molecule has 1 aromatic rings. The van der Waals surface area contributed by atoms with Crippen molar-refractivity contribution >= 4 is 40.2 Å². The Morgan fingerprint density at radius 1 is 1.31 bits per heavy atom. The molecule has 158 valence electrons. The summed E-state index contributed by atoms with van der Waals surface area (Å²) in [6, 6.07) is 1.15. The molecule has 1 aliphatic heterocycles. The topological polar surface area (TPSA) is 105 Å². The SMILES string of the molecule is CCOC(=O)c1sc(NC(=O)CN2C(=O)NC3(C2=O)C(C)CCCC3C)cc1C. The fourth-order valence-corrected chi connectivity index (χ4v) is 5.34. The minimum atomic E-state index is -0.924. The van der Waals surface area contributed by atoms with Crippen LogP contribution in [-0.2, 0) is 14.3 Å². The third-order valence-corrected chi connectivity index (χ3v) is 7.06. The van der Waals surface area contributed by atoms with E-state index in [0.717, 1.165) is 35.5 Å². The van der Waals surface area contributed by atoms with Gasteiger partial charge in [-0.05, 0) is 50.2 Å². The van der Waals surface area contributed by atoms with Crippen molar-refractivity contribution in [3.8, 4) is 0 Å². The molecule has 0 aromatic carbocycles. The number of aryl methyl sites for hydroxylation is 1. The zero-order valence-corrected chi connectivity index (χ0v) is 18.0. The number of ether oxygens (including phenoxy) is 1. The molecule has 0 bridgehead atoms. The minimum absolute atomic E-state index is 0.0165. The first kappa shape index (κ1) is 21.3. The standard InChI is InChI=1S/C20H27N3O5S/c1-5-28-17(25)16-11(2)9-15(29-16)21-14(24)10-23-18(26)20(22-19(23)27)12(3)7-6-8-13(20)4/h9,12-13H,5-8,10H2,1-4H3,(H,21,24)(H,22,27). The van der Waals surface area contributed by atoms with Gasteiger partial charge in [-0.1, -0.05) is 20.3 Å². The number of hydrogen-bond donors (Lipinski definition) is 2. The molecular formula is C20H27N3O5S. The number of imide groups is 1. The lowest BCUT2D eigenvalue weighted by atomic mass is 9.67. The van der Waals surface area contributed by atoms with Crippen LogP contribution >= 0.6 is 11.3 Å². The van der Waals surface area contributed by atoms with Crippen molar-refractivity contribution < 1.29 is 23.9 Å². The van der Waals surface area contributed by atoms with Crippen molar-refractivity contribution in [1.82, 2.24) is 10.2 Å². The van der Waals surface area contributed by atoms with Crippen molar-refractivity contribution in [3.05, 3.63) is 16.5 Å². The summed E-state index contributed by atoms with van der Waals surface area (Å²) < 4.78 is 5.00. The molecule has 2 atom stereocenters. The monoisotopic (exact) mass is 421 g/mol. The molecule has 9 heteroatoms. The third-order valence-electron chi connectivity index (χ3n) is 5.93. The van der Waals surface area contributed by atoms with Gasteiger partial charge in [0.1, 0.15) is 17.0 Å². The van der Waals surface area contributed by atoms with Gasteiger partial charge < -0.3 is 15.4 Å². The molecule has 2 N–H and O–H groups in total. The maximum atomic E-state index is 13.1. The summed E-state index contributed by atoms with van der Waals surface area (Å²) in [5, 5.41) is 6.03. The van der Waals surface area contributed by atoms with Gasteiger partial charge in [-0.25, -0.2) is 9.59 Å². The van der Waals surface area contributed by atoms with Crippen molar-refractivity contribution in [2.75, 3.05) is 18.5 Å². The largest absolute Gasteiger partial charge is 0.462 e. The van der Waals surface area contributed by atoms with Crippen LogP contribution in [0.15, 0.2) is 6.07 Å². The molecule has 29 heavy (non-hydrogen) atoms. The second kappa shape index (κ2) is 8.14. The van der Waals surface area contributed by atoms with Crippen LogP contribution < -0.4 is 10.6 Å². The predicted molar refractivity (Wildman–Crippen MR) is 109 cm³/mol. The van der Waals surface area contributed by atoms with E-state index in [9.17, 15) is 19.2 Å². The molecule has 2 heterocycles. The van der Waals surface area contributed by atoms with Crippen LogP contribution in [0.25, 0.3) is 0 Å². The van der Waals surface area contributed by atoms with Crippen LogP contribution in [0.5, 0.6) is 0 Å². The zero-order valence-electron chi connectivity index (χ0n) is 17.2. The molecule has 2 unspecified atom stereocenters. The Hall–Kier alpha value is -2.42. The fraction of sp³-hybridized carbons (Fsp3) is 0.600. The molecule has 1 aromatic heterocycles. The Balaban J connectivity index is 1.70. The molecule has 1 aliphatic carbocycles. The third kappa shape index (κ3) is 3.75. The lowest BCUT2D eigenvalue weighted by molar-refractivity contribution is -0.138. The Bertz CT molecular complexity index is 839. The van der Waals surface area contributed by atoms with Gasteiger partial charge in [0.25, 0.3) is 5.91 Å². The van der Waals surface area contributed by atoms with Crippen LogP contribution in [-0.4, -0.2) is 47.4 Å². The minimum Gasteiger partial charge on any atom is -0.462 e. The molecule has 1 saturated heterocycles. The molecule has 4 amide bonds. The van der Waals surface area contributed by atoms with E-state index in [1.165, 1.54) is 0 Å². The molecular weight excluding hydrogens is 394 g/mol. The summed E-state index contributed by atoms with van der Waals surface area (Å²) in [7, 11) is 0. The number of esters is 1. The van der Waals surface area contributed by atoms with Crippen LogP contribution in [0.3, 0.4) is 0 Å². The summed E-state index contributed by atoms with van der Waals surface area (Å²) in [5.41, 5.74) is -0.228. The van der Waals surface area contributed by atoms with E-state index in [4.69, 9.17) is 4.74 Å². The normalized spacial score (nSPS) is 26.6. The summed E-state index contributed by atoms with van der Waals surface area (Å²) in [6.07, 6.45) is 2.75. The number of hydrogen-bond acceptors (Lipinski definition) is 6. The summed E-state index contributed by atoms with van der Waals surface area (Å²) in [5.74, 6) is -1.22. The van der Waals surface area contributed by atoms with Gasteiger partial charge in [0.05, 0.1) is 11.6 Å². The predicted octanol–water partition coefficient (Wildman–Crippen LogP) is 2.92. The number of rotatable bonds is 5. The van der Waals surface area contributed by atoms with E-state index >= 15 is 0 Å². The average Bonchev–Trinajstić information content (AvgIpc) is 3.13. The number of urea groups is 1. The smallest absolute Gasteiger partial charge is 0.348 e. The highest BCUT2D eigenvalue weighted by atomic mass is 32.1. The molecule has 2 fully saturated rings. The van der Waals surface area contributed by atoms with E-state index in [-0.39, 0.29) is 30.9 Å². The Morgan fingerprint density at radius 3 is 2.59 bits per heavy atom. The van der Waals surface area contributed by atoms with Gasteiger partial charge in [0.15, 0.2) is 0 Å². The van der Waals surface area contributed by atoms with Gasteiger partial charge in [0, 0.05) is 0 Å². The zero-order chi connectivity index (χ0) is 21.3. The first-order valence-corrected chi connectivity index (χ1v) is 10.7. The highest BCUT2D eigenvalue weighted by molar-refractivity contribution is 7.18. The maximum Gasteiger partial charge on any atom is 0.348 e. The molecule has 8 nitrogen and oxygen atoms in total. The number of nitrogens with zero attached hydrogens (tertiary/aromatic N) is 1. The van der Waals surface area contributed by atoms with E-state index in [2.05, 4.69) is 10.6 Å². The van der Waals surface area contributed by atoms with Gasteiger partial charge in [-0.2, -0.15) is 0 Å². The van der Waals surface area contributed by atoms with Crippen molar-refractivity contribution in [3.63, 3.8) is 0 Å². The van der Waals surface area contributed by atoms with Crippen LogP contribution in [0, 0.1) is 18.8 Å². The maximum absolute atomic E-state index is 13.1. The first-order valence-electron chi connectivity index (χ1n) is 9.92. The molecule has 1 spiro atoms. The Labute approximate surface area is 174 Å². The number of thiophene rings is 1. The number of amides is 4. The summed E-state index contributed by atoms with van der Waals surface area (Å²) >= 11 is 1.11. The highest BCUT2D eigenvalue weighted by Gasteiger charge is 2.58. The summed E-state index contributed by atoms with van der Waals surface area (Å²) in [4.78, 5) is 51.5. The lowest BCUT2D eigenvalue weighted by Gasteiger charge is -2.42. The summed E-state index contributed by atoms with van der Waals surface area (Å²) in [6.45, 7) is 7.33. The van der Waals surface area contributed by atoms with E-state index in [1.807, 2.05) is 13.8 Å². The molecule has 3 rings (SSSR count). The van der Waals surface area contributed by atoms with Crippen molar-refractivity contribution in [1.29, 1.82) is 0 Å². The second-order valence-corrected chi connectivity index (χ2v) is 8.87. The van der Waals surface area contributed by atoms with Gasteiger partial charge in [-0.15, -0.1) is 11.3 Å². The lowest BCUT2D eigenvalue weighted by Crippen LogP contribution is -2.59. The Morgan fingerprint density at radius 2 is 1.97 bits per heavy atom. The van der Waals surface area contributed by atoms with Crippen LogP contribution in [0.4, 0.5) is 9.80 Å². The molecule has 2 aliphatic rings. The highest BCUT2D eigenvalue weighted by Crippen LogP contribution is 2.42. The first-order chi connectivity index (χ1) is 13.7. The number of carbonyl (C=O) groups excluding carboxylic acids is 4. The van der Waals surface area contributed by atoms with Gasteiger partial charge in [0.2, 0.25) is 5.91 Å². The number of nitrogens with one attached hydrogen (secondary N) is 2. The molecule has 1 saturated carbocycles. The van der Waals surface area contributed by atoms with E-state index in [0.29, 0.717) is 15.4 Å². The Kier molecular flexibility index (Phi) is 5.97. The van der Waals surface area contributed by atoms with Crippen molar-refractivity contribution in [2.45, 2.75) is 52.5 Å². The van der Waals surface area contributed by atoms with E-state index in [1.54, 1.807) is 19.9 Å². The number of carbonyl (C=O) groups is 4. The van der Waals surface area contributed by atoms with Gasteiger partial charge in [-0.3, -0.25) is 14.5 Å². The van der Waals surface area contributed by atoms with Crippen LogP contribution in [0.1, 0.15) is 55.3 Å². The fourth-order valence-electron chi connectivity index (χ4n) is 4.36.